The van der Waals surface area contributed by atoms with E-state index in [1.54, 1.807) is 12.1 Å². The first kappa shape index (κ1) is 14.9. The second-order valence-corrected chi connectivity index (χ2v) is 4.44. The van der Waals surface area contributed by atoms with Crippen LogP contribution in [0.2, 0.25) is 0 Å². The third-order valence-electron chi connectivity index (χ3n) is 3.14. The highest BCUT2D eigenvalue weighted by Gasteiger charge is 2.17. The van der Waals surface area contributed by atoms with Crippen molar-refractivity contribution in [3.05, 3.63) is 48.0 Å². The van der Waals surface area contributed by atoms with Gasteiger partial charge in [0, 0.05) is 11.1 Å². The molecule has 2 aromatic rings. The molecule has 2 rings (SSSR count). The summed E-state index contributed by atoms with van der Waals surface area (Å²) in [5, 5.41) is 8.92. The fourth-order valence-corrected chi connectivity index (χ4v) is 2.35. The fraction of sp³-hybridized carbons (Fsp3) is 0.235. The molecule has 0 unspecified atom stereocenters. The molecule has 0 aliphatic heterocycles. The van der Waals surface area contributed by atoms with Crippen molar-refractivity contribution in [3.8, 4) is 22.6 Å². The minimum atomic E-state index is -1.32. The molecule has 21 heavy (non-hydrogen) atoms. The van der Waals surface area contributed by atoms with Crippen molar-refractivity contribution in [1.82, 2.24) is 0 Å². The second-order valence-electron chi connectivity index (χ2n) is 4.44. The standard InChI is InChI=1S/C17H18O4/c1-3-13-14(20-4-2)10-11-15(21-17(18)19)16(13)12-8-6-5-7-9-12/h5-11H,3-4H2,1-2H3,(H,18,19). The van der Waals surface area contributed by atoms with E-state index in [2.05, 4.69) is 0 Å². The van der Waals surface area contributed by atoms with Gasteiger partial charge in [-0.1, -0.05) is 37.3 Å². The van der Waals surface area contributed by atoms with Crippen molar-refractivity contribution in [3.63, 3.8) is 0 Å². The first-order valence-electron chi connectivity index (χ1n) is 6.92. The topological polar surface area (TPSA) is 55.8 Å². The van der Waals surface area contributed by atoms with Crippen molar-refractivity contribution in [2.45, 2.75) is 20.3 Å². The summed E-state index contributed by atoms with van der Waals surface area (Å²) >= 11 is 0. The van der Waals surface area contributed by atoms with E-state index in [9.17, 15) is 4.79 Å². The largest absolute Gasteiger partial charge is 0.511 e. The molecule has 0 aromatic heterocycles. The van der Waals surface area contributed by atoms with Crippen LogP contribution in [-0.2, 0) is 6.42 Å². The van der Waals surface area contributed by atoms with Crippen LogP contribution in [0.1, 0.15) is 19.4 Å². The molecule has 0 amide bonds. The molecule has 0 radical (unpaired) electrons. The molecule has 0 fully saturated rings. The molecule has 0 atom stereocenters. The Kier molecular flexibility index (Phi) is 4.82. The fourth-order valence-electron chi connectivity index (χ4n) is 2.35. The monoisotopic (exact) mass is 286 g/mol. The Morgan fingerprint density at radius 3 is 2.29 bits per heavy atom. The molecule has 4 heteroatoms. The number of hydrogen-bond acceptors (Lipinski definition) is 3. The molecule has 0 bridgehead atoms. The van der Waals surface area contributed by atoms with Crippen LogP contribution in [-0.4, -0.2) is 17.9 Å². The molecule has 0 aliphatic carbocycles. The predicted molar refractivity (Wildman–Crippen MR) is 81.1 cm³/mol. The van der Waals surface area contributed by atoms with Crippen molar-refractivity contribution < 1.29 is 19.4 Å². The Morgan fingerprint density at radius 2 is 1.71 bits per heavy atom. The Bertz CT molecular complexity index is 620. The van der Waals surface area contributed by atoms with E-state index in [4.69, 9.17) is 14.6 Å². The van der Waals surface area contributed by atoms with Crippen molar-refractivity contribution in [2.24, 2.45) is 0 Å². The van der Waals surface area contributed by atoms with Gasteiger partial charge in [0.25, 0.3) is 0 Å². The van der Waals surface area contributed by atoms with E-state index in [1.807, 2.05) is 44.2 Å². The van der Waals surface area contributed by atoms with E-state index in [0.717, 1.165) is 28.9 Å². The van der Waals surface area contributed by atoms with Gasteiger partial charge in [0.05, 0.1) is 6.61 Å². The summed E-state index contributed by atoms with van der Waals surface area (Å²) in [6.07, 6.45) is -0.602. The van der Waals surface area contributed by atoms with Crippen LogP contribution >= 0.6 is 0 Å². The van der Waals surface area contributed by atoms with Gasteiger partial charge in [0.2, 0.25) is 0 Å². The van der Waals surface area contributed by atoms with Gasteiger partial charge in [-0.3, -0.25) is 0 Å². The maximum absolute atomic E-state index is 10.9. The van der Waals surface area contributed by atoms with Crippen LogP contribution in [0.4, 0.5) is 4.79 Å². The molecule has 110 valence electrons. The molecule has 0 heterocycles. The quantitative estimate of drug-likeness (QED) is 0.655. The summed E-state index contributed by atoms with van der Waals surface area (Å²) in [6, 6.07) is 13.0. The van der Waals surface area contributed by atoms with E-state index in [-0.39, 0.29) is 0 Å². The number of benzene rings is 2. The zero-order valence-corrected chi connectivity index (χ0v) is 12.1. The van der Waals surface area contributed by atoms with Crippen molar-refractivity contribution in [2.75, 3.05) is 6.61 Å². The molecule has 0 saturated heterocycles. The Labute approximate surface area is 123 Å². The third kappa shape index (κ3) is 3.34. The molecule has 0 saturated carbocycles. The van der Waals surface area contributed by atoms with Crippen LogP contribution < -0.4 is 9.47 Å². The van der Waals surface area contributed by atoms with Gasteiger partial charge in [-0.2, -0.15) is 0 Å². The van der Waals surface area contributed by atoms with Gasteiger partial charge < -0.3 is 14.6 Å². The molecule has 2 aromatic carbocycles. The molecule has 0 aliphatic rings. The lowest BCUT2D eigenvalue weighted by Crippen LogP contribution is -2.06. The first-order chi connectivity index (χ1) is 10.2. The lowest BCUT2D eigenvalue weighted by Gasteiger charge is -2.17. The van der Waals surface area contributed by atoms with Crippen LogP contribution in [0.5, 0.6) is 11.5 Å². The smallest absolute Gasteiger partial charge is 0.494 e. The van der Waals surface area contributed by atoms with Gasteiger partial charge in [-0.05, 0) is 31.0 Å². The summed E-state index contributed by atoms with van der Waals surface area (Å²) in [7, 11) is 0. The summed E-state index contributed by atoms with van der Waals surface area (Å²) in [6.45, 7) is 4.48. The van der Waals surface area contributed by atoms with Crippen LogP contribution in [0.15, 0.2) is 42.5 Å². The molecular weight excluding hydrogens is 268 g/mol. The summed E-state index contributed by atoms with van der Waals surface area (Å²) in [5.74, 6) is 1.09. The zero-order valence-electron chi connectivity index (χ0n) is 12.1. The first-order valence-corrected chi connectivity index (χ1v) is 6.92. The van der Waals surface area contributed by atoms with Gasteiger partial charge in [0.15, 0.2) is 0 Å². The van der Waals surface area contributed by atoms with Crippen molar-refractivity contribution in [1.29, 1.82) is 0 Å². The van der Waals surface area contributed by atoms with Gasteiger partial charge >= 0.3 is 6.16 Å². The number of carboxylic acid groups (broad SMARTS) is 1. The predicted octanol–water partition coefficient (Wildman–Crippen LogP) is 4.37. The van der Waals surface area contributed by atoms with E-state index >= 15 is 0 Å². The number of rotatable bonds is 5. The van der Waals surface area contributed by atoms with E-state index in [1.165, 1.54) is 0 Å². The SMILES string of the molecule is CCOc1ccc(OC(=O)O)c(-c2ccccc2)c1CC. The number of ether oxygens (including phenoxy) is 2. The minimum absolute atomic E-state index is 0.328. The maximum Gasteiger partial charge on any atom is 0.511 e. The Morgan fingerprint density at radius 1 is 1.05 bits per heavy atom. The van der Waals surface area contributed by atoms with E-state index in [0.29, 0.717) is 12.4 Å². The highest BCUT2D eigenvalue weighted by molar-refractivity contribution is 5.79. The van der Waals surface area contributed by atoms with Crippen LogP contribution in [0.3, 0.4) is 0 Å². The Balaban J connectivity index is 2.65. The molecular formula is C17H18O4. The summed E-state index contributed by atoms with van der Waals surface area (Å²) in [5.41, 5.74) is 2.63. The van der Waals surface area contributed by atoms with Gasteiger partial charge in [-0.25, -0.2) is 4.79 Å². The number of hydrogen-bond donors (Lipinski definition) is 1. The zero-order chi connectivity index (χ0) is 15.2. The van der Waals surface area contributed by atoms with E-state index < -0.39 is 6.16 Å². The summed E-state index contributed by atoms with van der Waals surface area (Å²) < 4.78 is 10.6. The maximum atomic E-state index is 10.9. The average Bonchev–Trinajstić information content (AvgIpc) is 2.49. The van der Waals surface area contributed by atoms with Crippen molar-refractivity contribution >= 4 is 6.16 Å². The van der Waals surface area contributed by atoms with Crippen LogP contribution in [0, 0.1) is 0 Å². The van der Waals surface area contributed by atoms with Crippen LogP contribution in [0.25, 0.3) is 11.1 Å². The lowest BCUT2D eigenvalue weighted by molar-refractivity contribution is 0.144. The highest BCUT2D eigenvalue weighted by atomic mass is 16.7. The molecule has 4 nitrogen and oxygen atoms in total. The lowest BCUT2D eigenvalue weighted by atomic mass is 9.96. The second kappa shape index (κ2) is 6.79. The number of carbonyl (C=O) groups is 1. The van der Waals surface area contributed by atoms with Gasteiger partial charge in [0.1, 0.15) is 11.5 Å². The average molecular weight is 286 g/mol. The molecule has 0 spiro atoms. The molecule has 1 N–H and O–H groups in total. The Hall–Kier alpha value is -2.49. The highest BCUT2D eigenvalue weighted by Crippen LogP contribution is 2.39. The normalized spacial score (nSPS) is 10.2. The summed E-state index contributed by atoms with van der Waals surface area (Å²) in [4.78, 5) is 10.9. The third-order valence-corrected chi connectivity index (χ3v) is 3.14. The van der Waals surface area contributed by atoms with Gasteiger partial charge in [-0.15, -0.1) is 0 Å². The minimum Gasteiger partial charge on any atom is -0.494 e.